The summed E-state index contributed by atoms with van der Waals surface area (Å²) in [7, 11) is 0. The second kappa shape index (κ2) is 10.6. The number of aryl methyl sites for hydroxylation is 2. The Morgan fingerprint density at radius 3 is 2.42 bits per heavy atom. The highest BCUT2D eigenvalue weighted by molar-refractivity contribution is 7.10. The minimum absolute atomic E-state index is 0.0150. The number of fused-ring (bicyclic) bond motifs is 1. The van der Waals surface area contributed by atoms with E-state index in [-0.39, 0.29) is 23.9 Å². The molecule has 1 saturated heterocycles. The van der Waals surface area contributed by atoms with Gasteiger partial charge in [0.05, 0.1) is 12.6 Å². The molecule has 2 aromatic carbocycles. The van der Waals surface area contributed by atoms with Crippen LogP contribution in [0, 0.1) is 6.92 Å². The van der Waals surface area contributed by atoms with E-state index in [1.54, 1.807) is 0 Å². The number of hydrogen-bond donors (Lipinski definition) is 0. The van der Waals surface area contributed by atoms with Gasteiger partial charge in [0.15, 0.2) is 0 Å². The van der Waals surface area contributed by atoms with Crippen molar-refractivity contribution in [3.05, 3.63) is 92.7 Å². The highest BCUT2D eigenvalue weighted by atomic mass is 32.1. The molecule has 188 valence electrons. The molecule has 1 aromatic heterocycles. The van der Waals surface area contributed by atoms with Crippen LogP contribution >= 0.6 is 11.3 Å². The third-order valence-electron chi connectivity index (χ3n) is 7.65. The first-order chi connectivity index (χ1) is 17.4. The second-order valence-corrected chi connectivity index (χ2v) is 11.1. The molecule has 0 unspecified atom stereocenters. The van der Waals surface area contributed by atoms with Crippen molar-refractivity contribution in [3.8, 4) is 0 Å². The van der Waals surface area contributed by atoms with Crippen molar-refractivity contribution in [1.29, 1.82) is 0 Å². The first-order valence-corrected chi connectivity index (χ1v) is 13.9. The zero-order valence-corrected chi connectivity index (χ0v) is 22.3. The number of piperazine rings is 1. The van der Waals surface area contributed by atoms with Gasteiger partial charge in [0, 0.05) is 42.7 Å². The zero-order valence-electron chi connectivity index (χ0n) is 21.4. The Balaban J connectivity index is 1.26. The third kappa shape index (κ3) is 4.97. The molecule has 0 aliphatic carbocycles. The molecular formula is C30H35N3O2S. The lowest BCUT2D eigenvalue weighted by molar-refractivity contribution is -0.135. The fourth-order valence-corrected chi connectivity index (χ4v) is 6.39. The molecular weight excluding hydrogens is 466 g/mol. The van der Waals surface area contributed by atoms with E-state index in [4.69, 9.17) is 0 Å². The van der Waals surface area contributed by atoms with Gasteiger partial charge >= 0.3 is 0 Å². The van der Waals surface area contributed by atoms with Crippen molar-refractivity contribution in [1.82, 2.24) is 14.7 Å². The molecule has 0 radical (unpaired) electrons. The molecule has 6 heteroatoms. The van der Waals surface area contributed by atoms with Gasteiger partial charge in [0.25, 0.3) is 5.91 Å². The number of carbonyl (C=O) groups is 2. The molecule has 0 spiro atoms. The Labute approximate surface area is 218 Å². The molecule has 3 heterocycles. The number of carbonyl (C=O) groups excluding carboxylic acids is 2. The van der Waals surface area contributed by atoms with Crippen molar-refractivity contribution >= 4 is 23.2 Å². The molecule has 5 nitrogen and oxygen atoms in total. The van der Waals surface area contributed by atoms with Crippen molar-refractivity contribution in [2.45, 2.75) is 45.7 Å². The summed E-state index contributed by atoms with van der Waals surface area (Å²) < 4.78 is 0. The van der Waals surface area contributed by atoms with Crippen LogP contribution in [0.3, 0.4) is 0 Å². The monoisotopic (exact) mass is 501 g/mol. The number of rotatable bonds is 5. The Morgan fingerprint density at radius 1 is 0.972 bits per heavy atom. The Bertz CT molecular complexity index is 1220. The van der Waals surface area contributed by atoms with Crippen molar-refractivity contribution in [2.24, 2.45) is 0 Å². The average Bonchev–Trinajstić information content (AvgIpc) is 3.38. The van der Waals surface area contributed by atoms with Gasteiger partial charge in [-0.25, -0.2) is 0 Å². The Hall–Kier alpha value is -2.96. The lowest BCUT2D eigenvalue weighted by Gasteiger charge is -2.42. The van der Waals surface area contributed by atoms with Crippen LogP contribution in [0.5, 0.6) is 0 Å². The van der Waals surface area contributed by atoms with Crippen LogP contribution in [-0.4, -0.2) is 65.3 Å². The molecule has 0 bridgehead atoms. The largest absolute Gasteiger partial charge is 0.338 e. The number of nitrogens with zero attached hydrogens (tertiary/aromatic N) is 3. The lowest BCUT2D eigenvalue weighted by atomic mass is 9.92. The molecule has 36 heavy (non-hydrogen) atoms. The van der Waals surface area contributed by atoms with Gasteiger partial charge in [-0.15, -0.1) is 11.3 Å². The van der Waals surface area contributed by atoms with Gasteiger partial charge in [0.2, 0.25) is 5.91 Å². The van der Waals surface area contributed by atoms with Crippen LogP contribution in [0.2, 0.25) is 0 Å². The summed E-state index contributed by atoms with van der Waals surface area (Å²) in [5, 5.41) is 2.17. The smallest absolute Gasteiger partial charge is 0.254 e. The van der Waals surface area contributed by atoms with Gasteiger partial charge in [0.1, 0.15) is 0 Å². The molecule has 2 aliphatic rings. The van der Waals surface area contributed by atoms with Crippen LogP contribution in [0.1, 0.15) is 57.4 Å². The summed E-state index contributed by atoms with van der Waals surface area (Å²) in [6.45, 7) is 9.25. The van der Waals surface area contributed by atoms with Gasteiger partial charge in [-0.2, -0.15) is 0 Å². The maximum absolute atomic E-state index is 13.5. The minimum atomic E-state index is -0.0150. The maximum Gasteiger partial charge on any atom is 0.254 e. The van der Waals surface area contributed by atoms with Gasteiger partial charge in [-0.05, 0) is 67.0 Å². The van der Waals surface area contributed by atoms with Crippen molar-refractivity contribution in [3.63, 3.8) is 0 Å². The quantitative estimate of drug-likeness (QED) is 0.498. The van der Waals surface area contributed by atoms with E-state index in [1.165, 1.54) is 27.1 Å². The first kappa shape index (κ1) is 24.7. The Morgan fingerprint density at radius 2 is 1.72 bits per heavy atom. The highest BCUT2D eigenvalue weighted by Crippen LogP contribution is 2.37. The zero-order chi connectivity index (χ0) is 25.2. The van der Waals surface area contributed by atoms with E-state index in [2.05, 4.69) is 54.5 Å². The van der Waals surface area contributed by atoms with E-state index in [9.17, 15) is 9.59 Å². The van der Waals surface area contributed by atoms with Crippen LogP contribution < -0.4 is 0 Å². The summed E-state index contributed by atoms with van der Waals surface area (Å²) in [6.07, 6.45) is 1.94. The summed E-state index contributed by atoms with van der Waals surface area (Å²) in [6, 6.07) is 18.9. The standard InChI is InChI=1S/C30H35N3O2S/c1-4-23-7-11-25(12-8-23)30(35)33-17-16-31(19-22(33)3)28(34)20-32-15-13-27-26(14-18-36-27)29(32)24-9-5-21(2)6-10-24/h5-12,14,18,22,29H,4,13,15-17,19-20H2,1-3H3/t22-,29+/m0/s1. The van der Waals surface area contributed by atoms with E-state index in [1.807, 2.05) is 52.3 Å². The number of benzene rings is 2. The molecule has 2 aliphatic heterocycles. The highest BCUT2D eigenvalue weighted by Gasteiger charge is 2.34. The molecule has 0 N–H and O–H groups in total. The van der Waals surface area contributed by atoms with Gasteiger partial charge in [-0.3, -0.25) is 14.5 Å². The maximum atomic E-state index is 13.5. The van der Waals surface area contributed by atoms with Crippen LogP contribution in [0.25, 0.3) is 0 Å². The van der Waals surface area contributed by atoms with Crippen LogP contribution in [0.15, 0.2) is 60.0 Å². The van der Waals surface area contributed by atoms with E-state index in [0.29, 0.717) is 26.2 Å². The molecule has 2 atom stereocenters. The number of hydrogen-bond acceptors (Lipinski definition) is 4. The summed E-state index contributed by atoms with van der Waals surface area (Å²) >= 11 is 1.82. The number of thiophene rings is 1. The third-order valence-corrected chi connectivity index (χ3v) is 8.64. The minimum Gasteiger partial charge on any atom is -0.338 e. The van der Waals surface area contributed by atoms with Crippen molar-refractivity contribution in [2.75, 3.05) is 32.7 Å². The molecule has 5 rings (SSSR count). The van der Waals surface area contributed by atoms with Crippen molar-refractivity contribution < 1.29 is 9.59 Å². The molecule has 3 aromatic rings. The SMILES string of the molecule is CCc1ccc(C(=O)N2CCN(C(=O)CN3CCc4sccc4[C@H]3c3ccc(C)cc3)C[C@@H]2C)cc1. The summed E-state index contributed by atoms with van der Waals surface area (Å²) in [5.74, 6) is 0.203. The predicted molar refractivity (Wildman–Crippen MR) is 146 cm³/mol. The summed E-state index contributed by atoms with van der Waals surface area (Å²) in [4.78, 5) is 34.3. The Kier molecular flexibility index (Phi) is 7.26. The second-order valence-electron chi connectivity index (χ2n) is 10.1. The normalized spacial score (nSPS) is 20.3. The predicted octanol–water partition coefficient (Wildman–Crippen LogP) is 4.94. The van der Waals surface area contributed by atoms with Crippen LogP contribution in [0.4, 0.5) is 0 Å². The lowest BCUT2D eigenvalue weighted by Crippen LogP contribution is -2.57. The van der Waals surface area contributed by atoms with Gasteiger partial charge < -0.3 is 9.80 Å². The first-order valence-electron chi connectivity index (χ1n) is 13.0. The topological polar surface area (TPSA) is 43.9 Å². The average molecular weight is 502 g/mol. The molecule has 0 saturated carbocycles. The fourth-order valence-electron chi connectivity index (χ4n) is 5.49. The molecule has 2 amide bonds. The van der Waals surface area contributed by atoms with E-state index >= 15 is 0 Å². The van der Waals surface area contributed by atoms with Crippen LogP contribution in [-0.2, 0) is 17.6 Å². The van der Waals surface area contributed by atoms with Gasteiger partial charge in [-0.1, -0.05) is 48.9 Å². The van der Waals surface area contributed by atoms with E-state index in [0.717, 1.165) is 24.9 Å². The fraction of sp³-hybridized carbons (Fsp3) is 0.400. The summed E-state index contributed by atoms with van der Waals surface area (Å²) in [5.41, 5.74) is 5.77. The molecule has 1 fully saturated rings. The van der Waals surface area contributed by atoms with E-state index < -0.39 is 0 Å². The number of amides is 2.